The lowest BCUT2D eigenvalue weighted by atomic mass is 10.1. The van der Waals surface area contributed by atoms with Crippen LogP contribution in [0.2, 0.25) is 5.02 Å². The molecular formula is C21H18ClN5O4. The molecule has 3 aromatic rings. The van der Waals surface area contributed by atoms with Crippen molar-refractivity contribution in [1.82, 2.24) is 10.5 Å². The van der Waals surface area contributed by atoms with Crippen LogP contribution < -0.4 is 26.1 Å². The van der Waals surface area contributed by atoms with Crippen molar-refractivity contribution in [3.05, 3.63) is 82.5 Å². The molecule has 0 saturated heterocycles. The Morgan fingerprint density at radius 3 is 2.35 bits per heavy atom. The molecular weight excluding hydrogens is 422 g/mol. The fourth-order valence-corrected chi connectivity index (χ4v) is 2.61. The molecule has 0 atom stereocenters. The third kappa shape index (κ3) is 5.49. The van der Waals surface area contributed by atoms with Gasteiger partial charge in [-0.25, -0.2) is 4.98 Å². The Labute approximate surface area is 182 Å². The van der Waals surface area contributed by atoms with Crippen LogP contribution in [0.3, 0.4) is 0 Å². The normalized spacial score (nSPS) is 10.1. The first-order valence-corrected chi connectivity index (χ1v) is 9.28. The minimum Gasteiger partial charge on any atom is -0.497 e. The topological polar surface area (TPSA) is 139 Å². The predicted molar refractivity (Wildman–Crippen MR) is 116 cm³/mol. The first-order valence-electron chi connectivity index (χ1n) is 8.90. The summed E-state index contributed by atoms with van der Waals surface area (Å²) in [4.78, 5) is 34.5. The highest BCUT2D eigenvalue weighted by molar-refractivity contribution is 6.30. The summed E-state index contributed by atoms with van der Waals surface area (Å²) in [5.74, 6) is -0.362. The van der Waals surface area contributed by atoms with E-state index in [0.29, 0.717) is 16.3 Å². The molecule has 3 rings (SSSR count). The van der Waals surface area contributed by atoms with E-state index in [4.69, 9.17) is 32.3 Å². The summed E-state index contributed by atoms with van der Waals surface area (Å²) < 4.78 is 5.17. The number of carbonyl (C=O) groups excluding carboxylic acids is 2. The number of amidine groups is 1. The van der Waals surface area contributed by atoms with Gasteiger partial charge in [0.2, 0.25) is 0 Å². The summed E-state index contributed by atoms with van der Waals surface area (Å²) in [6.45, 7) is 0. The molecule has 1 aromatic heterocycles. The third-order valence-electron chi connectivity index (χ3n) is 4.11. The van der Waals surface area contributed by atoms with E-state index in [0.717, 1.165) is 0 Å². The molecule has 0 saturated carbocycles. The SMILES string of the molecule is COc1ccc(ONC(=O)c2ccc(C(=N)N)cc2)c(C(=O)Nc2ccc(Cl)cn2)c1. The number of aromatic nitrogens is 1. The number of nitrogens with one attached hydrogen (secondary N) is 3. The van der Waals surface area contributed by atoms with E-state index in [2.05, 4.69) is 15.8 Å². The summed E-state index contributed by atoms with van der Waals surface area (Å²) in [5.41, 5.74) is 8.58. The van der Waals surface area contributed by atoms with Crippen molar-refractivity contribution in [2.45, 2.75) is 0 Å². The van der Waals surface area contributed by atoms with Crippen LogP contribution in [0.15, 0.2) is 60.8 Å². The number of halogens is 1. The number of nitrogens with two attached hydrogens (primary N) is 1. The second-order valence-corrected chi connectivity index (χ2v) is 6.64. The zero-order valence-electron chi connectivity index (χ0n) is 16.3. The molecule has 1 heterocycles. The number of nitrogen functional groups attached to an aromatic ring is 1. The van der Waals surface area contributed by atoms with Crippen LogP contribution >= 0.6 is 11.6 Å². The average Bonchev–Trinajstić information content (AvgIpc) is 2.78. The van der Waals surface area contributed by atoms with Gasteiger partial charge in [0, 0.05) is 17.3 Å². The van der Waals surface area contributed by atoms with Crippen molar-refractivity contribution in [2.75, 3.05) is 12.4 Å². The molecule has 0 unspecified atom stereocenters. The van der Waals surface area contributed by atoms with E-state index in [1.165, 1.54) is 37.6 Å². The molecule has 5 N–H and O–H groups in total. The van der Waals surface area contributed by atoms with Crippen LogP contribution in [0.4, 0.5) is 5.82 Å². The number of hydrogen-bond acceptors (Lipinski definition) is 6. The molecule has 31 heavy (non-hydrogen) atoms. The largest absolute Gasteiger partial charge is 0.497 e. The quantitative estimate of drug-likeness (QED) is 0.253. The molecule has 0 fully saturated rings. The molecule has 0 aliphatic rings. The Balaban J connectivity index is 1.75. The van der Waals surface area contributed by atoms with Gasteiger partial charge < -0.3 is 20.6 Å². The van der Waals surface area contributed by atoms with E-state index in [9.17, 15) is 9.59 Å². The first-order chi connectivity index (χ1) is 14.9. The molecule has 0 spiro atoms. The molecule has 2 amide bonds. The van der Waals surface area contributed by atoms with Crippen molar-refractivity contribution in [3.63, 3.8) is 0 Å². The van der Waals surface area contributed by atoms with Crippen LogP contribution in [0.1, 0.15) is 26.3 Å². The van der Waals surface area contributed by atoms with Gasteiger partial charge in [-0.2, -0.15) is 5.48 Å². The number of carbonyl (C=O) groups is 2. The number of rotatable bonds is 7. The van der Waals surface area contributed by atoms with Crippen LogP contribution in [-0.2, 0) is 0 Å². The molecule has 10 heteroatoms. The van der Waals surface area contributed by atoms with Gasteiger partial charge in [0.05, 0.1) is 17.7 Å². The Hall–Kier alpha value is -4.11. The molecule has 0 bridgehead atoms. The average molecular weight is 440 g/mol. The van der Waals surface area contributed by atoms with Gasteiger partial charge in [-0.05, 0) is 42.5 Å². The molecule has 0 radical (unpaired) electrons. The van der Waals surface area contributed by atoms with Crippen molar-refractivity contribution in [2.24, 2.45) is 5.73 Å². The van der Waals surface area contributed by atoms with Gasteiger partial charge in [0.15, 0.2) is 5.75 Å². The summed E-state index contributed by atoms with van der Waals surface area (Å²) in [5, 5.41) is 10.4. The minimum absolute atomic E-state index is 0.0981. The van der Waals surface area contributed by atoms with Crippen molar-refractivity contribution >= 4 is 35.1 Å². The van der Waals surface area contributed by atoms with Gasteiger partial charge in [-0.1, -0.05) is 23.7 Å². The summed E-state index contributed by atoms with van der Waals surface area (Å²) in [7, 11) is 1.46. The van der Waals surface area contributed by atoms with Gasteiger partial charge in [0.25, 0.3) is 11.8 Å². The predicted octanol–water partition coefficient (Wildman–Crippen LogP) is 3.00. The highest BCUT2D eigenvalue weighted by atomic mass is 35.5. The molecule has 158 valence electrons. The summed E-state index contributed by atoms with van der Waals surface area (Å²) in [6.07, 6.45) is 1.40. The van der Waals surface area contributed by atoms with E-state index < -0.39 is 11.8 Å². The standard InChI is InChI=1S/C21H18ClN5O4/c1-30-15-7-8-17(16(10-15)21(29)26-18-9-6-14(22)11-25-18)31-27-20(28)13-4-2-12(3-5-13)19(23)24/h2-11H,1H3,(H3,23,24)(H,27,28)(H,25,26,29). The van der Waals surface area contributed by atoms with Gasteiger partial charge in [-0.3, -0.25) is 15.0 Å². The van der Waals surface area contributed by atoms with Gasteiger partial charge in [0.1, 0.15) is 17.4 Å². The van der Waals surface area contributed by atoms with Crippen molar-refractivity contribution in [1.29, 1.82) is 5.41 Å². The lowest BCUT2D eigenvalue weighted by molar-refractivity contribution is 0.0753. The number of nitrogens with zero attached hydrogens (tertiary/aromatic N) is 1. The first kappa shape index (κ1) is 21.6. The second-order valence-electron chi connectivity index (χ2n) is 6.20. The highest BCUT2D eigenvalue weighted by Gasteiger charge is 2.17. The molecule has 9 nitrogen and oxygen atoms in total. The number of methoxy groups -OCH3 is 1. The maximum absolute atomic E-state index is 12.7. The number of pyridine rings is 1. The fourth-order valence-electron chi connectivity index (χ4n) is 2.50. The van der Waals surface area contributed by atoms with E-state index >= 15 is 0 Å². The zero-order valence-corrected chi connectivity index (χ0v) is 17.1. The van der Waals surface area contributed by atoms with Crippen molar-refractivity contribution in [3.8, 4) is 11.5 Å². The number of anilines is 1. The lowest BCUT2D eigenvalue weighted by Crippen LogP contribution is -2.28. The number of benzene rings is 2. The Morgan fingerprint density at radius 2 is 1.74 bits per heavy atom. The fraction of sp³-hybridized carbons (Fsp3) is 0.0476. The summed E-state index contributed by atoms with van der Waals surface area (Å²) in [6, 6.07) is 13.8. The van der Waals surface area contributed by atoms with Crippen LogP contribution in [0.25, 0.3) is 0 Å². The van der Waals surface area contributed by atoms with Gasteiger partial charge in [-0.15, -0.1) is 0 Å². The molecule has 2 aromatic carbocycles. The maximum atomic E-state index is 12.7. The Kier molecular flexibility index (Phi) is 6.68. The number of hydrogen-bond donors (Lipinski definition) is 4. The van der Waals surface area contributed by atoms with E-state index in [1.54, 1.807) is 30.3 Å². The van der Waals surface area contributed by atoms with E-state index in [1.807, 2.05) is 0 Å². The molecule has 0 aliphatic carbocycles. The smallest absolute Gasteiger partial charge is 0.283 e. The highest BCUT2D eigenvalue weighted by Crippen LogP contribution is 2.25. The monoisotopic (exact) mass is 439 g/mol. The number of amides is 2. The van der Waals surface area contributed by atoms with Crippen molar-refractivity contribution < 1.29 is 19.2 Å². The van der Waals surface area contributed by atoms with Crippen LogP contribution in [-0.4, -0.2) is 29.7 Å². The van der Waals surface area contributed by atoms with Crippen LogP contribution in [0.5, 0.6) is 11.5 Å². The minimum atomic E-state index is -0.545. The van der Waals surface area contributed by atoms with Gasteiger partial charge >= 0.3 is 0 Å². The zero-order chi connectivity index (χ0) is 22.4. The van der Waals surface area contributed by atoms with Crippen LogP contribution in [0, 0.1) is 5.41 Å². The molecule has 0 aliphatic heterocycles. The Bertz CT molecular complexity index is 1120. The summed E-state index contributed by atoms with van der Waals surface area (Å²) >= 11 is 5.81. The Morgan fingerprint density at radius 1 is 1.03 bits per heavy atom. The number of hydroxylamine groups is 1. The number of ether oxygens (including phenoxy) is 1. The maximum Gasteiger partial charge on any atom is 0.283 e. The van der Waals surface area contributed by atoms with E-state index in [-0.39, 0.29) is 28.5 Å². The lowest BCUT2D eigenvalue weighted by Gasteiger charge is -2.13. The second kappa shape index (κ2) is 9.59. The third-order valence-corrected chi connectivity index (χ3v) is 4.34.